The first-order chi connectivity index (χ1) is 3.83. The Morgan fingerprint density at radius 2 is 2.50 bits per heavy atom. The number of hydrogen-bond acceptors (Lipinski definition) is 2. The van der Waals surface area contributed by atoms with Gasteiger partial charge >= 0.3 is 0 Å². The van der Waals surface area contributed by atoms with Crippen LogP contribution in [-0.4, -0.2) is 17.1 Å². The first-order valence-corrected chi connectivity index (χ1v) is 2.38. The fraction of sp³-hybridized carbons (Fsp3) is 0.200. The third-order valence-electron chi connectivity index (χ3n) is 0.956. The number of hydrogen-bond donors (Lipinski definition) is 3. The van der Waals surface area contributed by atoms with Gasteiger partial charge in [0.05, 0.1) is 5.69 Å². The Morgan fingerprint density at radius 3 is 2.75 bits per heavy atom. The lowest BCUT2D eigenvalue weighted by molar-refractivity contribution is 0.457. The number of nitrogens with one attached hydrogen (secondary N) is 2. The lowest BCUT2D eigenvalue weighted by atomic mass is 10.5. The molecule has 0 unspecified atom stereocenters. The predicted molar refractivity (Wildman–Crippen MR) is 32.0 cm³/mol. The fourth-order valence-corrected chi connectivity index (χ4v) is 0.527. The molecule has 0 aromatic carbocycles. The largest absolute Gasteiger partial charge is 0.495 e. The van der Waals surface area contributed by atoms with Crippen LogP contribution in [0, 0.1) is 0 Å². The smallest absolute Gasteiger partial charge is 0.190 e. The molecule has 8 heavy (non-hydrogen) atoms. The SMILES string of the molecule is CNc1c[nH]c(O)c1. The van der Waals surface area contributed by atoms with E-state index in [1.54, 1.807) is 19.3 Å². The first kappa shape index (κ1) is 5.03. The van der Waals surface area contributed by atoms with Crippen LogP contribution in [0.15, 0.2) is 12.3 Å². The van der Waals surface area contributed by atoms with Crippen molar-refractivity contribution in [3.8, 4) is 5.88 Å². The van der Waals surface area contributed by atoms with Gasteiger partial charge < -0.3 is 15.4 Å². The molecule has 0 saturated heterocycles. The van der Waals surface area contributed by atoms with Crippen LogP contribution in [0.2, 0.25) is 0 Å². The van der Waals surface area contributed by atoms with Crippen molar-refractivity contribution in [2.24, 2.45) is 0 Å². The van der Waals surface area contributed by atoms with Crippen LogP contribution < -0.4 is 5.32 Å². The van der Waals surface area contributed by atoms with Crippen molar-refractivity contribution in [2.75, 3.05) is 12.4 Å². The van der Waals surface area contributed by atoms with E-state index in [0.717, 1.165) is 5.69 Å². The zero-order chi connectivity index (χ0) is 5.98. The highest BCUT2D eigenvalue weighted by molar-refractivity contribution is 5.44. The summed E-state index contributed by atoms with van der Waals surface area (Å²) < 4.78 is 0. The Balaban J connectivity index is 2.84. The molecule has 0 spiro atoms. The average molecular weight is 112 g/mol. The highest BCUT2D eigenvalue weighted by Gasteiger charge is 1.89. The molecule has 1 rings (SSSR count). The van der Waals surface area contributed by atoms with Crippen molar-refractivity contribution in [1.82, 2.24) is 4.98 Å². The molecule has 0 atom stereocenters. The van der Waals surface area contributed by atoms with Crippen LogP contribution in [0.5, 0.6) is 5.88 Å². The van der Waals surface area contributed by atoms with Gasteiger partial charge in [-0.2, -0.15) is 0 Å². The molecule has 3 N–H and O–H groups in total. The summed E-state index contributed by atoms with van der Waals surface area (Å²) in [6.45, 7) is 0. The fourth-order valence-electron chi connectivity index (χ4n) is 0.527. The lowest BCUT2D eigenvalue weighted by Gasteiger charge is -1.86. The molecule has 0 aliphatic rings. The summed E-state index contributed by atoms with van der Waals surface area (Å²) in [5.74, 6) is 0.189. The van der Waals surface area contributed by atoms with E-state index >= 15 is 0 Å². The molecule has 1 aromatic rings. The second-order valence-corrected chi connectivity index (χ2v) is 1.52. The Bertz CT molecular complexity index is 171. The summed E-state index contributed by atoms with van der Waals surface area (Å²) in [5.41, 5.74) is 0.891. The minimum Gasteiger partial charge on any atom is -0.495 e. The van der Waals surface area contributed by atoms with E-state index in [4.69, 9.17) is 5.11 Å². The normalized spacial score (nSPS) is 9.12. The summed E-state index contributed by atoms with van der Waals surface area (Å²) in [5, 5.41) is 11.5. The minimum absolute atomic E-state index is 0.189. The first-order valence-electron chi connectivity index (χ1n) is 2.38. The number of aromatic amines is 1. The number of rotatable bonds is 1. The Labute approximate surface area is 47.3 Å². The van der Waals surface area contributed by atoms with E-state index in [-0.39, 0.29) is 5.88 Å². The van der Waals surface area contributed by atoms with E-state index < -0.39 is 0 Å². The molecule has 0 bridgehead atoms. The van der Waals surface area contributed by atoms with E-state index in [0.29, 0.717) is 0 Å². The molecule has 0 aliphatic carbocycles. The number of anilines is 1. The Hall–Kier alpha value is -1.12. The average Bonchev–Trinajstić information content (AvgIpc) is 2.14. The van der Waals surface area contributed by atoms with Crippen molar-refractivity contribution in [1.29, 1.82) is 0 Å². The molecule has 3 nitrogen and oxygen atoms in total. The van der Waals surface area contributed by atoms with Crippen LogP contribution >= 0.6 is 0 Å². The lowest BCUT2D eigenvalue weighted by Crippen LogP contribution is -1.81. The molecule has 44 valence electrons. The Kier molecular flexibility index (Phi) is 1.12. The minimum atomic E-state index is 0.189. The van der Waals surface area contributed by atoms with Crippen LogP contribution in [0.3, 0.4) is 0 Å². The predicted octanol–water partition coefficient (Wildman–Crippen LogP) is 0.762. The molecule has 0 aliphatic heterocycles. The summed E-state index contributed by atoms with van der Waals surface area (Å²) in [6, 6.07) is 1.61. The zero-order valence-electron chi connectivity index (χ0n) is 4.60. The van der Waals surface area contributed by atoms with Crippen molar-refractivity contribution in [2.45, 2.75) is 0 Å². The van der Waals surface area contributed by atoms with Gasteiger partial charge in [-0.25, -0.2) is 0 Å². The standard InChI is InChI=1S/C5H8N2O/c1-6-4-2-5(8)7-3-4/h2-3,6-8H,1H3. The highest BCUT2D eigenvalue weighted by atomic mass is 16.3. The third kappa shape index (κ3) is 0.753. The second kappa shape index (κ2) is 1.78. The molecule has 0 saturated carbocycles. The Morgan fingerprint density at radius 1 is 1.75 bits per heavy atom. The third-order valence-corrected chi connectivity index (χ3v) is 0.956. The summed E-state index contributed by atoms with van der Waals surface area (Å²) in [4.78, 5) is 2.61. The molecule has 1 heterocycles. The molecule has 1 aromatic heterocycles. The van der Waals surface area contributed by atoms with Gasteiger partial charge in [0.15, 0.2) is 5.88 Å². The molecule has 3 heteroatoms. The second-order valence-electron chi connectivity index (χ2n) is 1.52. The van der Waals surface area contributed by atoms with Crippen molar-refractivity contribution in [3.63, 3.8) is 0 Å². The molecule has 0 radical (unpaired) electrons. The van der Waals surface area contributed by atoms with Gasteiger partial charge in [0.2, 0.25) is 0 Å². The van der Waals surface area contributed by atoms with Gasteiger partial charge in [-0.3, -0.25) is 0 Å². The number of aromatic nitrogens is 1. The maximum atomic E-state index is 8.69. The van der Waals surface area contributed by atoms with E-state index in [1.165, 1.54) is 0 Å². The van der Waals surface area contributed by atoms with Gasteiger partial charge in [-0.05, 0) is 0 Å². The van der Waals surface area contributed by atoms with E-state index in [9.17, 15) is 0 Å². The number of aromatic hydroxyl groups is 1. The van der Waals surface area contributed by atoms with Crippen LogP contribution in [-0.2, 0) is 0 Å². The van der Waals surface area contributed by atoms with Crippen LogP contribution in [0.4, 0.5) is 5.69 Å². The molecular weight excluding hydrogens is 104 g/mol. The maximum Gasteiger partial charge on any atom is 0.190 e. The summed E-state index contributed by atoms with van der Waals surface area (Å²) in [7, 11) is 1.79. The van der Waals surface area contributed by atoms with Gasteiger partial charge in [0.1, 0.15) is 0 Å². The maximum absolute atomic E-state index is 8.69. The zero-order valence-corrected chi connectivity index (χ0v) is 4.60. The molecule has 0 fully saturated rings. The molecular formula is C5H8N2O. The summed E-state index contributed by atoms with van der Waals surface area (Å²) in [6.07, 6.45) is 1.69. The highest BCUT2D eigenvalue weighted by Crippen LogP contribution is 2.12. The molecule has 0 amide bonds. The van der Waals surface area contributed by atoms with Crippen LogP contribution in [0.1, 0.15) is 0 Å². The van der Waals surface area contributed by atoms with Gasteiger partial charge in [-0.15, -0.1) is 0 Å². The quantitative estimate of drug-likeness (QED) is 0.502. The van der Waals surface area contributed by atoms with E-state index in [2.05, 4.69) is 10.3 Å². The van der Waals surface area contributed by atoms with Gasteiger partial charge in [-0.1, -0.05) is 0 Å². The topological polar surface area (TPSA) is 48.0 Å². The van der Waals surface area contributed by atoms with E-state index in [1.807, 2.05) is 0 Å². The van der Waals surface area contributed by atoms with Crippen molar-refractivity contribution < 1.29 is 5.11 Å². The number of H-pyrrole nitrogens is 1. The van der Waals surface area contributed by atoms with Crippen molar-refractivity contribution in [3.05, 3.63) is 12.3 Å². The van der Waals surface area contributed by atoms with Crippen LogP contribution in [0.25, 0.3) is 0 Å². The van der Waals surface area contributed by atoms with Gasteiger partial charge in [0, 0.05) is 19.3 Å². The summed E-state index contributed by atoms with van der Waals surface area (Å²) >= 11 is 0. The van der Waals surface area contributed by atoms with Gasteiger partial charge in [0.25, 0.3) is 0 Å². The monoisotopic (exact) mass is 112 g/mol. The van der Waals surface area contributed by atoms with Crippen molar-refractivity contribution >= 4 is 5.69 Å².